The highest BCUT2D eigenvalue weighted by Crippen LogP contribution is 2.25. The maximum Gasteiger partial charge on any atom is 0.230 e. The number of likely N-dealkylation sites (tertiary alicyclic amines) is 2. The second kappa shape index (κ2) is 6.76. The molecule has 1 unspecified atom stereocenters. The highest BCUT2D eigenvalue weighted by molar-refractivity contribution is 5.96. The lowest BCUT2D eigenvalue weighted by atomic mass is 10.1. The number of rotatable bonds is 5. The van der Waals surface area contributed by atoms with Gasteiger partial charge in [0, 0.05) is 26.1 Å². The molecule has 7 heteroatoms. The summed E-state index contributed by atoms with van der Waals surface area (Å²) in [6, 6.07) is 3.79. The van der Waals surface area contributed by atoms with Crippen LogP contribution in [-0.2, 0) is 9.59 Å². The van der Waals surface area contributed by atoms with Gasteiger partial charge in [-0.1, -0.05) is 0 Å². The first kappa shape index (κ1) is 16.7. The number of nitrogens with one attached hydrogen (secondary N) is 1. The van der Waals surface area contributed by atoms with Gasteiger partial charge in [0.05, 0.1) is 24.3 Å². The maximum absolute atomic E-state index is 12.4. The zero-order chi connectivity index (χ0) is 17.3. The minimum Gasteiger partial charge on any atom is -0.492 e. The highest BCUT2D eigenvalue weighted by Gasteiger charge is 2.41. The van der Waals surface area contributed by atoms with Crippen molar-refractivity contribution in [2.45, 2.75) is 26.3 Å². The van der Waals surface area contributed by atoms with Crippen LogP contribution in [0.1, 0.15) is 19.0 Å². The second-order valence-corrected chi connectivity index (χ2v) is 6.52. The van der Waals surface area contributed by atoms with Gasteiger partial charge in [0.15, 0.2) is 0 Å². The molecule has 1 N–H and O–H groups in total. The van der Waals surface area contributed by atoms with E-state index >= 15 is 0 Å². The van der Waals surface area contributed by atoms with Crippen LogP contribution in [0.5, 0.6) is 5.75 Å². The number of aryl methyl sites for hydroxylation is 1. The van der Waals surface area contributed by atoms with E-state index in [-0.39, 0.29) is 30.2 Å². The largest absolute Gasteiger partial charge is 0.492 e. The lowest BCUT2D eigenvalue weighted by Crippen LogP contribution is -2.58. The molecule has 0 aliphatic carbocycles. The number of anilines is 1. The van der Waals surface area contributed by atoms with E-state index in [1.807, 2.05) is 25.8 Å². The number of hydrogen-bond donors (Lipinski definition) is 1. The Hall–Kier alpha value is -2.15. The van der Waals surface area contributed by atoms with Crippen molar-refractivity contribution in [3.05, 3.63) is 17.8 Å². The second-order valence-electron chi connectivity index (χ2n) is 6.52. The number of amides is 2. The van der Waals surface area contributed by atoms with Crippen LogP contribution in [0.3, 0.4) is 0 Å². The molecule has 1 aromatic heterocycles. The average Bonchev–Trinajstić information content (AvgIpc) is 2.89. The van der Waals surface area contributed by atoms with Gasteiger partial charge in [-0.15, -0.1) is 0 Å². The third kappa shape index (κ3) is 3.36. The van der Waals surface area contributed by atoms with Crippen molar-refractivity contribution in [2.75, 3.05) is 38.6 Å². The van der Waals surface area contributed by atoms with Gasteiger partial charge in [0.2, 0.25) is 11.8 Å². The van der Waals surface area contributed by atoms with Crippen molar-refractivity contribution < 1.29 is 14.3 Å². The third-order valence-corrected chi connectivity index (χ3v) is 4.60. The third-order valence-electron chi connectivity index (χ3n) is 4.60. The monoisotopic (exact) mass is 332 g/mol. The quantitative estimate of drug-likeness (QED) is 0.867. The van der Waals surface area contributed by atoms with Crippen LogP contribution >= 0.6 is 0 Å². The van der Waals surface area contributed by atoms with Crippen LogP contribution < -0.4 is 10.1 Å². The summed E-state index contributed by atoms with van der Waals surface area (Å²) >= 11 is 0. The number of carbonyl (C=O) groups excluding carboxylic acids is 2. The molecule has 2 amide bonds. The van der Waals surface area contributed by atoms with E-state index < -0.39 is 0 Å². The molecule has 7 nitrogen and oxygen atoms in total. The molecule has 1 atom stereocenters. The fourth-order valence-electron chi connectivity index (χ4n) is 3.28. The molecule has 3 rings (SSSR count). The summed E-state index contributed by atoms with van der Waals surface area (Å²) in [5.41, 5.74) is 0.733. The van der Waals surface area contributed by atoms with E-state index in [9.17, 15) is 9.59 Å². The van der Waals surface area contributed by atoms with E-state index in [2.05, 4.69) is 15.2 Å². The van der Waals surface area contributed by atoms with Crippen LogP contribution in [0, 0.1) is 12.8 Å². The molecule has 2 aliphatic heterocycles. The molecule has 2 aliphatic rings. The summed E-state index contributed by atoms with van der Waals surface area (Å²) in [5, 5.41) is 2.82. The highest BCUT2D eigenvalue weighted by atomic mass is 16.5. The summed E-state index contributed by atoms with van der Waals surface area (Å²) in [6.45, 7) is 6.61. The van der Waals surface area contributed by atoms with E-state index in [0.717, 1.165) is 18.8 Å². The summed E-state index contributed by atoms with van der Waals surface area (Å²) in [5.74, 6) is 0.831. The molecule has 2 fully saturated rings. The van der Waals surface area contributed by atoms with Crippen LogP contribution in [0.25, 0.3) is 0 Å². The normalized spacial score (nSPS) is 21.7. The first-order valence-electron chi connectivity index (χ1n) is 8.37. The lowest BCUT2D eigenvalue weighted by Gasteiger charge is -2.42. The molecular formula is C17H24N4O3. The van der Waals surface area contributed by atoms with E-state index in [4.69, 9.17) is 4.74 Å². The molecule has 0 radical (unpaired) electrons. The number of likely N-dealkylation sites (N-methyl/N-ethyl adjacent to an activating group) is 1. The minimum absolute atomic E-state index is 0.0732. The van der Waals surface area contributed by atoms with Gasteiger partial charge < -0.3 is 19.9 Å². The summed E-state index contributed by atoms with van der Waals surface area (Å²) in [4.78, 5) is 33.0. The number of pyridine rings is 1. The van der Waals surface area contributed by atoms with Crippen LogP contribution in [0.15, 0.2) is 12.1 Å². The topological polar surface area (TPSA) is 74.8 Å². The average molecular weight is 332 g/mol. The fraction of sp³-hybridized carbons (Fsp3) is 0.588. The van der Waals surface area contributed by atoms with Gasteiger partial charge in [-0.2, -0.15) is 0 Å². The fourth-order valence-corrected chi connectivity index (χ4v) is 3.28. The van der Waals surface area contributed by atoms with Crippen molar-refractivity contribution in [3.63, 3.8) is 0 Å². The molecule has 0 saturated carbocycles. The molecule has 1 aromatic rings. The Labute approximate surface area is 142 Å². The molecule has 2 saturated heterocycles. The first-order chi connectivity index (χ1) is 11.5. The van der Waals surface area contributed by atoms with Gasteiger partial charge in [0.1, 0.15) is 11.6 Å². The van der Waals surface area contributed by atoms with Gasteiger partial charge >= 0.3 is 0 Å². The Balaban J connectivity index is 1.59. The Morgan fingerprint density at radius 2 is 2.12 bits per heavy atom. The van der Waals surface area contributed by atoms with Gasteiger partial charge in [-0.25, -0.2) is 4.98 Å². The van der Waals surface area contributed by atoms with Crippen LogP contribution in [-0.4, -0.2) is 65.9 Å². The summed E-state index contributed by atoms with van der Waals surface area (Å²) in [6.07, 6.45) is 0.280. The molecule has 24 heavy (non-hydrogen) atoms. The van der Waals surface area contributed by atoms with Crippen molar-refractivity contribution in [1.29, 1.82) is 0 Å². The Morgan fingerprint density at radius 3 is 2.75 bits per heavy atom. The van der Waals surface area contributed by atoms with Crippen molar-refractivity contribution in [1.82, 2.24) is 14.8 Å². The minimum atomic E-state index is -0.308. The Bertz CT molecular complexity index is 643. The number of nitrogens with zero attached hydrogens (tertiary/aromatic N) is 3. The van der Waals surface area contributed by atoms with Crippen LogP contribution in [0.2, 0.25) is 0 Å². The van der Waals surface area contributed by atoms with E-state index in [0.29, 0.717) is 24.7 Å². The molecular weight excluding hydrogens is 308 g/mol. The van der Waals surface area contributed by atoms with Gasteiger partial charge in [-0.3, -0.25) is 9.59 Å². The van der Waals surface area contributed by atoms with Crippen LogP contribution in [0.4, 0.5) is 5.82 Å². The standard InChI is InChI=1S/C17H24N4O3/c1-4-24-14-5-6-15(18-11(14)2)19-17(23)12-7-16(22)21(8-12)13-9-20(3)10-13/h5-6,12-13H,4,7-10H2,1-3H3,(H,18,19,23). The van der Waals surface area contributed by atoms with Gasteiger partial charge in [0.25, 0.3) is 0 Å². The number of carbonyl (C=O) groups is 2. The molecule has 130 valence electrons. The smallest absolute Gasteiger partial charge is 0.230 e. The number of hydrogen-bond acceptors (Lipinski definition) is 5. The Kier molecular flexibility index (Phi) is 4.71. The van der Waals surface area contributed by atoms with Crippen molar-refractivity contribution >= 4 is 17.6 Å². The first-order valence-corrected chi connectivity index (χ1v) is 8.37. The van der Waals surface area contributed by atoms with Crippen molar-refractivity contribution in [3.8, 4) is 5.75 Å². The molecule has 0 aromatic carbocycles. The number of ether oxygens (including phenoxy) is 1. The predicted octanol–water partition coefficient (Wildman–Crippen LogP) is 0.890. The molecule has 0 spiro atoms. The van der Waals surface area contributed by atoms with Gasteiger partial charge in [-0.05, 0) is 33.0 Å². The predicted molar refractivity (Wildman–Crippen MR) is 89.9 cm³/mol. The van der Waals surface area contributed by atoms with Crippen molar-refractivity contribution in [2.24, 2.45) is 5.92 Å². The van der Waals surface area contributed by atoms with E-state index in [1.54, 1.807) is 12.1 Å². The van der Waals surface area contributed by atoms with E-state index in [1.165, 1.54) is 0 Å². The molecule has 3 heterocycles. The molecule has 0 bridgehead atoms. The maximum atomic E-state index is 12.4. The zero-order valence-electron chi connectivity index (χ0n) is 14.4. The number of aromatic nitrogens is 1. The lowest BCUT2D eigenvalue weighted by molar-refractivity contribution is -0.132. The zero-order valence-corrected chi connectivity index (χ0v) is 14.4. The Morgan fingerprint density at radius 1 is 1.38 bits per heavy atom. The SMILES string of the molecule is CCOc1ccc(NC(=O)C2CC(=O)N(C3CN(C)C3)C2)nc1C. The summed E-state index contributed by atoms with van der Waals surface area (Å²) in [7, 11) is 2.03. The summed E-state index contributed by atoms with van der Waals surface area (Å²) < 4.78 is 5.45.